The molecule has 3 nitrogen and oxygen atoms in total. The number of methoxy groups -OCH3 is 1. The van der Waals surface area contributed by atoms with Gasteiger partial charge >= 0.3 is 0 Å². The molecule has 0 saturated carbocycles. The predicted molar refractivity (Wildman–Crippen MR) is 102 cm³/mol. The van der Waals surface area contributed by atoms with Gasteiger partial charge in [-0.3, -0.25) is 0 Å². The predicted octanol–water partition coefficient (Wildman–Crippen LogP) is 5.01. The van der Waals surface area contributed by atoms with Gasteiger partial charge in [-0.25, -0.2) is 0 Å². The monoisotopic (exact) mass is 344 g/mol. The van der Waals surface area contributed by atoms with Gasteiger partial charge in [0.25, 0.3) is 0 Å². The molecule has 138 valence electrons. The zero-order valence-electron chi connectivity index (χ0n) is 17.1. The van der Waals surface area contributed by atoms with Gasteiger partial charge in [0.15, 0.2) is 8.32 Å². The van der Waals surface area contributed by atoms with Crippen molar-refractivity contribution < 1.29 is 14.3 Å². The van der Waals surface area contributed by atoms with E-state index in [1.54, 1.807) is 7.11 Å². The minimum absolute atomic E-state index is 0.0449. The van der Waals surface area contributed by atoms with Gasteiger partial charge in [-0.2, -0.15) is 0 Å². The van der Waals surface area contributed by atoms with E-state index in [4.69, 9.17) is 9.16 Å². The topological polar surface area (TPSA) is 38.7 Å². The molecule has 0 rings (SSSR count). The molecule has 0 aliphatic carbocycles. The lowest BCUT2D eigenvalue weighted by atomic mass is 9.94. The molecule has 0 unspecified atom stereocenters. The van der Waals surface area contributed by atoms with E-state index < -0.39 is 8.32 Å². The lowest BCUT2D eigenvalue weighted by molar-refractivity contribution is -0.0162. The number of aliphatic hydroxyl groups is 1. The summed E-state index contributed by atoms with van der Waals surface area (Å²) in [5, 5.41) is 9.40. The van der Waals surface area contributed by atoms with Crippen LogP contribution in [0.15, 0.2) is 11.6 Å². The van der Waals surface area contributed by atoms with Crippen molar-refractivity contribution in [2.75, 3.05) is 13.7 Å². The fourth-order valence-corrected chi connectivity index (χ4v) is 4.19. The summed E-state index contributed by atoms with van der Waals surface area (Å²) in [7, 11) is -0.0285. The molecule has 23 heavy (non-hydrogen) atoms. The molecule has 0 aromatic carbocycles. The Hall–Kier alpha value is -0.163. The Morgan fingerprint density at radius 3 is 2.09 bits per heavy atom. The van der Waals surface area contributed by atoms with Crippen LogP contribution in [0.25, 0.3) is 0 Å². The summed E-state index contributed by atoms with van der Waals surface area (Å²) in [6.45, 7) is 20.1. The van der Waals surface area contributed by atoms with Crippen LogP contribution in [0.1, 0.15) is 54.9 Å². The Bertz CT molecular complexity index is 371. The smallest absolute Gasteiger partial charge is 0.192 e. The summed E-state index contributed by atoms with van der Waals surface area (Å²) >= 11 is 0. The van der Waals surface area contributed by atoms with Crippen LogP contribution in [-0.4, -0.2) is 39.3 Å². The van der Waals surface area contributed by atoms with Crippen molar-refractivity contribution in [2.45, 2.75) is 85.2 Å². The van der Waals surface area contributed by atoms with E-state index in [9.17, 15) is 5.11 Å². The number of ether oxygens (including phenoxy) is 1. The highest BCUT2D eigenvalue weighted by molar-refractivity contribution is 6.74. The molecular formula is C19H40O3Si. The number of aliphatic hydroxyl groups excluding tert-OH is 1. The molecule has 0 aromatic rings. The summed E-state index contributed by atoms with van der Waals surface area (Å²) in [6.07, 6.45) is 3.30. The second-order valence-corrected chi connectivity index (χ2v) is 13.4. The van der Waals surface area contributed by atoms with E-state index in [1.807, 2.05) is 0 Å². The second-order valence-electron chi connectivity index (χ2n) is 8.65. The van der Waals surface area contributed by atoms with Gasteiger partial charge in [0.2, 0.25) is 0 Å². The number of hydrogen-bond donors (Lipinski definition) is 1. The fraction of sp³-hybridized carbons (Fsp3) is 0.895. The molecule has 0 fully saturated rings. The maximum absolute atomic E-state index is 9.20. The van der Waals surface area contributed by atoms with Crippen LogP contribution in [0.5, 0.6) is 0 Å². The first-order valence-electron chi connectivity index (χ1n) is 8.84. The first-order chi connectivity index (χ1) is 10.4. The van der Waals surface area contributed by atoms with E-state index in [1.165, 1.54) is 5.57 Å². The molecule has 0 saturated heterocycles. The van der Waals surface area contributed by atoms with Crippen LogP contribution in [0.2, 0.25) is 18.1 Å². The quantitative estimate of drug-likeness (QED) is 0.472. The van der Waals surface area contributed by atoms with Crippen LogP contribution >= 0.6 is 0 Å². The first kappa shape index (κ1) is 22.8. The minimum atomic E-state index is -1.80. The molecule has 0 aliphatic heterocycles. The van der Waals surface area contributed by atoms with Crippen molar-refractivity contribution in [2.24, 2.45) is 11.8 Å². The molecule has 0 spiro atoms. The molecule has 1 N–H and O–H groups in total. The zero-order chi connectivity index (χ0) is 18.4. The summed E-state index contributed by atoms with van der Waals surface area (Å²) < 4.78 is 12.3. The Labute approximate surface area is 145 Å². The highest BCUT2D eigenvalue weighted by atomic mass is 28.4. The summed E-state index contributed by atoms with van der Waals surface area (Å²) in [4.78, 5) is 0. The maximum Gasteiger partial charge on any atom is 0.192 e. The van der Waals surface area contributed by atoms with Crippen LogP contribution < -0.4 is 0 Å². The molecular weight excluding hydrogens is 304 g/mol. The van der Waals surface area contributed by atoms with Gasteiger partial charge in [-0.1, -0.05) is 46.3 Å². The molecule has 4 atom stereocenters. The third-order valence-corrected chi connectivity index (χ3v) is 9.64. The molecule has 0 amide bonds. The minimum Gasteiger partial charge on any atom is -0.412 e. The Balaban J connectivity index is 4.96. The average molecular weight is 345 g/mol. The van der Waals surface area contributed by atoms with Crippen LogP contribution in [0, 0.1) is 11.8 Å². The number of hydrogen-bond acceptors (Lipinski definition) is 3. The van der Waals surface area contributed by atoms with Crippen molar-refractivity contribution in [1.29, 1.82) is 0 Å². The molecule has 0 bridgehead atoms. The molecule has 4 heteroatoms. The highest BCUT2D eigenvalue weighted by Crippen LogP contribution is 2.38. The van der Waals surface area contributed by atoms with E-state index in [0.29, 0.717) is 5.92 Å². The van der Waals surface area contributed by atoms with Gasteiger partial charge in [0.1, 0.15) is 0 Å². The highest BCUT2D eigenvalue weighted by Gasteiger charge is 2.40. The summed E-state index contributed by atoms with van der Waals surface area (Å²) in [5.41, 5.74) is 1.31. The van der Waals surface area contributed by atoms with Crippen LogP contribution in [0.3, 0.4) is 0 Å². The number of rotatable bonds is 9. The van der Waals surface area contributed by atoms with Crippen molar-refractivity contribution in [1.82, 2.24) is 0 Å². The van der Waals surface area contributed by atoms with Gasteiger partial charge in [-0.15, -0.1) is 0 Å². The normalized spacial score (nSPS) is 19.3. The first-order valence-corrected chi connectivity index (χ1v) is 11.7. The molecule has 0 radical (unpaired) electrons. The molecule has 0 aromatic heterocycles. The SMILES string of the molecule is CO[C@H]([C@@H](C)/C=C(\C)C[C@@H](C)CO)[C@@H](C)O[Si](C)(C)C(C)(C)C. The number of allylic oxidation sites excluding steroid dienone is 1. The standard InChI is InChI=1S/C19H40O3Si/c1-14(11-15(2)13-20)12-16(3)18(21-8)17(4)22-23(9,10)19(5,6)7/h12,15-18,20H,11,13H2,1-10H3/b14-12+/t15-,16+,17-,18-/m1/s1. The van der Waals surface area contributed by atoms with Gasteiger partial charge in [-0.05, 0) is 44.3 Å². The van der Waals surface area contributed by atoms with Crippen molar-refractivity contribution in [3.63, 3.8) is 0 Å². The Morgan fingerprint density at radius 2 is 1.70 bits per heavy atom. The van der Waals surface area contributed by atoms with E-state index >= 15 is 0 Å². The van der Waals surface area contributed by atoms with E-state index in [0.717, 1.165) is 6.42 Å². The average Bonchev–Trinajstić information content (AvgIpc) is 2.36. The fourth-order valence-electron chi connectivity index (χ4n) is 2.77. The van der Waals surface area contributed by atoms with Crippen LogP contribution in [0.4, 0.5) is 0 Å². The van der Waals surface area contributed by atoms with Gasteiger partial charge < -0.3 is 14.3 Å². The summed E-state index contributed by atoms with van der Waals surface area (Å²) in [6, 6.07) is 0. The van der Waals surface area contributed by atoms with Gasteiger partial charge in [0.05, 0.1) is 12.2 Å². The van der Waals surface area contributed by atoms with Crippen molar-refractivity contribution in [3.8, 4) is 0 Å². The van der Waals surface area contributed by atoms with Gasteiger partial charge in [0, 0.05) is 19.6 Å². The summed E-state index contributed by atoms with van der Waals surface area (Å²) in [5.74, 6) is 0.589. The van der Waals surface area contributed by atoms with Crippen molar-refractivity contribution in [3.05, 3.63) is 11.6 Å². The third-order valence-electron chi connectivity index (χ3n) is 5.07. The van der Waals surface area contributed by atoms with E-state index in [2.05, 4.69) is 67.6 Å². The molecule has 0 aliphatic rings. The third kappa shape index (κ3) is 7.51. The van der Waals surface area contributed by atoms with E-state index in [-0.39, 0.29) is 29.8 Å². The second kappa shape index (κ2) is 9.35. The molecule has 0 heterocycles. The zero-order valence-corrected chi connectivity index (χ0v) is 18.1. The van der Waals surface area contributed by atoms with Crippen LogP contribution in [-0.2, 0) is 9.16 Å². The lowest BCUT2D eigenvalue weighted by Crippen LogP contribution is -2.47. The maximum atomic E-state index is 9.20. The lowest BCUT2D eigenvalue weighted by Gasteiger charge is -2.41. The largest absolute Gasteiger partial charge is 0.412 e. The Kier molecular flexibility index (Phi) is 9.29. The Morgan fingerprint density at radius 1 is 1.17 bits per heavy atom. The van der Waals surface area contributed by atoms with Crippen molar-refractivity contribution >= 4 is 8.32 Å².